The van der Waals surface area contributed by atoms with Crippen molar-refractivity contribution in [2.24, 2.45) is 5.10 Å². The minimum atomic E-state index is -4.63. The number of hydrogen-bond donors (Lipinski definition) is 1. The number of rotatable bonds is 9. The van der Waals surface area contributed by atoms with Gasteiger partial charge in [-0.15, -0.1) is 0 Å². The highest BCUT2D eigenvalue weighted by Gasteiger charge is 2.31. The summed E-state index contributed by atoms with van der Waals surface area (Å²) >= 11 is 0. The number of imidazole rings is 1. The molecule has 4 aromatic rings. The number of carbonyl (C=O) groups is 1. The van der Waals surface area contributed by atoms with Crippen LogP contribution in [0, 0.1) is 5.82 Å². The molecule has 2 aliphatic heterocycles. The number of nitrogens with zero attached hydrogens (tertiary/aromatic N) is 6. The van der Waals surface area contributed by atoms with Crippen molar-refractivity contribution in [3.63, 3.8) is 0 Å². The molecule has 0 spiro atoms. The molecule has 1 atom stereocenters. The summed E-state index contributed by atoms with van der Waals surface area (Å²) in [7, 11) is 0. The van der Waals surface area contributed by atoms with E-state index < -0.39 is 23.5 Å². The largest absolute Gasteiger partial charge is 0.478 e. The zero-order valence-corrected chi connectivity index (χ0v) is 22.7. The summed E-state index contributed by atoms with van der Waals surface area (Å²) in [5.74, 6) is -0.565. The van der Waals surface area contributed by atoms with E-state index >= 15 is 0 Å². The molecule has 0 bridgehead atoms. The van der Waals surface area contributed by atoms with Gasteiger partial charge < -0.3 is 24.0 Å². The van der Waals surface area contributed by atoms with Gasteiger partial charge in [-0.2, -0.15) is 23.3 Å². The first-order valence-electron chi connectivity index (χ1n) is 13.5. The lowest BCUT2D eigenvalue weighted by molar-refractivity contribution is -0.137. The number of pyridine rings is 1. The minimum Gasteiger partial charge on any atom is -0.478 e. The number of halogens is 4. The number of benzene rings is 2. The molecule has 1 saturated heterocycles. The zero-order valence-electron chi connectivity index (χ0n) is 22.7. The molecule has 14 heteroatoms. The van der Waals surface area contributed by atoms with Crippen LogP contribution < -0.4 is 9.64 Å². The predicted octanol–water partition coefficient (Wildman–Crippen LogP) is 4.92. The van der Waals surface area contributed by atoms with Crippen LogP contribution in [0.3, 0.4) is 0 Å². The third-order valence-corrected chi connectivity index (χ3v) is 7.29. The van der Waals surface area contributed by atoms with Crippen LogP contribution in [0.2, 0.25) is 0 Å². The Hall–Kier alpha value is -4.72. The highest BCUT2D eigenvalue weighted by molar-refractivity contribution is 5.92. The van der Waals surface area contributed by atoms with Crippen LogP contribution in [0.25, 0.3) is 11.0 Å². The highest BCUT2D eigenvalue weighted by atomic mass is 19.4. The second kappa shape index (κ2) is 11.5. The maximum absolute atomic E-state index is 14.2. The maximum atomic E-state index is 14.2. The van der Waals surface area contributed by atoms with Crippen LogP contribution in [0.5, 0.6) is 5.88 Å². The molecule has 1 fully saturated rings. The molecule has 0 radical (unpaired) electrons. The summed E-state index contributed by atoms with van der Waals surface area (Å²) in [6.45, 7) is 2.43. The van der Waals surface area contributed by atoms with E-state index in [-0.39, 0.29) is 29.7 Å². The molecule has 2 aromatic heterocycles. The van der Waals surface area contributed by atoms with E-state index in [0.29, 0.717) is 50.2 Å². The molecule has 6 rings (SSSR count). The average molecular weight is 599 g/mol. The smallest absolute Gasteiger partial charge is 0.416 e. The van der Waals surface area contributed by atoms with E-state index in [1.165, 1.54) is 6.07 Å². The van der Waals surface area contributed by atoms with Gasteiger partial charge >= 0.3 is 12.1 Å². The quantitative estimate of drug-likeness (QED) is 0.271. The standard InChI is InChI=1S/C29H26F4N6O4/c30-22-13-20(29(31,32)33)6-4-19(22)16-43-27-3-1-2-25(36-27)37-9-10-38(34-17-37)15-26-35-23-7-5-18(28(40)41)12-24(23)39(26)14-21-8-11-42-21/h1-7,12-13,17,21H,8-11,14-16H2,(H,40,41)/t21-/m0/s1. The van der Waals surface area contributed by atoms with E-state index in [1.54, 1.807) is 36.7 Å². The summed E-state index contributed by atoms with van der Waals surface area (Å²) < 4.78 is 65.8. The van der Waals surface area contributed by atoms with E-state index in [9.17, 15) is 27.5 Å². The second-order valence-corrected chi connectivity index (χ2v) is 10.2. The van der Waals surface area contributed by atoms with Crippen LogP contribution in [0.4, 0.5) is 23.4 Å². The molecule has 0 unspecified atom stereocenters. The van der Waals surface area contributed by atoms with Crippen LogP contribution in [0.15, 0.2) is 59.7 Å². The Balaban J connectivity index is 1.13. The summed E-state index contributed by atoms with van der Waals surface area (Å²) in [4.78, 5) is 22.5. The van der Waals surface area contributed by atoms with E-state index in [4.69, 9.17) is 14.5 Å². The van der Waals surface area contributed by atoms with E-state index in [1.807, 2.05) is 14.5 Å². The SMILES string of the molecule is O=C(O)c1ccc2nc(CN3CCN(c4cccc(OCc5ccc(C(F)(F)F)cc5F)n4)C=N3)n(C[C@@H]3CCO3)c2c1. The van der Waals surface area contributed by atoms with Gasteiger partial charge in [-0.3, -0.25) is 5.01 Å². The fourth-order valence-corrected chi connectivity index (χ4v) is 4.83. The molecular weight excluding hydrogens is 572 g/mol. The van der Waals surface area contributed by atoms with Gasteiger partial charge in [-0.25, -0.2) is 14.2 Å². The van der Waals surface area contributed by atoms with Crippen LogP contribution in [0.1, 0.15) is 33.7 Å². The first-order valence-corrected chi connectivity index (χ1v) is 13.5. The summed E-state index contributed by atoms with van der Waals surface area (Å²) in [6.07, 6.45) is -2.05. The lowest BCUT2D eigenvalue weighted by atomic mass is 10.1. The minimum absolute atomic E-state index is 0.0237. The Morgan fingerprint density at radius 3 is 2.60 bits per heavy atom. The Kier molecular flexibility index (Phi) is 7.61. The summed E-state index contributed by atoms with van der Waals surface area (Å²) in [5, 5.41) is 15.9. The highest BCUT2D eigenvalue weighted by Crippen LogP contribution is 2.30. The molecule has 0 saturated carbocycles. The third-order valence-electron chi connectivity index (χ3n) is 7.29. The van der Waals surface area contributed by atoms with Crippen molar-refractivity contribution in [1.29, 1.82) is 0 Å². The van der Waals surface area contributed by atoms with Gasteiger partial charge in [-0.1, -0.05) is 12.1 Å². The van der Waals surface area contributed by atoms with Crippen LogP contribution in [-0.2, 0) is 30.6 Å². The zero-order chi connectivity index (χ0) is 30.1. The van der Waals surface area contributed by atoms with Crippen molar-refractivity contribution in [3.05, 3.63) is 82.9 Å². The molecule has 10 nitrogen and oxygen atoms in total. The van der Waals surface area contributed by atoms with Gasteiger partial charge in [0.05, 0.1) is 47.9 Å². The van der Waals surface area contributed by atoms with Crippen LogP contribution in [-0.4, -0.2) is 62.8 Å². The van der Waals surface area contributed by atoms with Gasteiger partial charge in [0.15, 0.2) is 0 Å². The molecule has 2 aromatic carbocycles. The maximum Gasteiger partial charge on any atom is 0.416 e. The van der Waals surface area contributed by atoms with E-state index in [2.05, 4.69) is 10.1 Å². The number of hydrogen-bond acceptors (Lipinski definition) is 8. The molecule has 224 valence electrons. The number of carboxylic acid groups (broad SMARTS) is 1. The number of fused-ring (bicyclic) bond motifs is 1. The van der Waals surface area contributed by atoms with Crippen molar-refractivity contribution in [1.82, 2.24) is 19.5 Å². The number of aromatic nitrogens is 3. The predicted molar refractivity (Wildman–Crippen MR) is 147 cm³/mol. The second-order valence-electron chi connectivity index (χ2n) is 10.2. The first-order chi connectivity index (χ1) is 20.6. The van der Waals surface area contributed by atoms with E-state index in [0.717, 1.165) is 29.9 Å². The van der Waals surface area contributed by atoms with Crippen molar-refractivity contribution >= 4 is 29.2 Å². The van der Waals surface area contributed by atoms with Gasteiger partial charge in [-0.05, 0) is 42.8 Å². The lowest BCUT2D eigenvalue weighted by Gasteiger charge is -2.30. The van der Waals surface area contributed by atoms with Gasteiger partial charge in [0.25, 0.3) is 0 Å². The fourth-order valence-electron chi connectivity index (χ4n) is 4.83. The number of carboxylic acids is 1. The third kappa shape index (κ3) is 6.23. The number of aromatic carboxylic acids is 1. The van der Waals surface area contributed by atoms with Crippen molar-refractivity contribution < 1.29 is 36.9 Å². The molecule has 0 aliphatic carbocycles. The lowest BCUT2D eigenvalue weighted by Crippen LogP contribution is -2.38. The number of hydrazone groups is 1. The van der Waals surface area contributed by atoms with Crippen molar-refractivity contribution in [2.45, 2.75) is 38.4 Å². The summed E-state index contributed by atoms with van der Waals surface area (Å²) in [5.41, 5.74) is 0.516. The number of alkyl halides is 3. The molecule has 4 heterocycles. The Morgan fingerprint density at radius 2 is 1.93 bits per heavy atom. The molecule has 43 heavy (non-hydrogen) atoms. The average Bonchev–Trinajstić information content (AvgIpc) is 3.30. The Labute approximate surface area is 242 Å². The van der Waals surface area contributed by atoms with Gasteiger partial charge in [0, 0.05) is 24.8 Å². The molecular formula is C29H26F4N6O4. The molecule has 1 N–H and O–H groups in total. The normalized spacial score (nSPS) is 16.9. The Morgan fingerprint density at radius 1 is 1.09 bits per heavy atom. The number of ether oxygens (including phenoxy) is 2. The number of anilines is 1. The van der Waals surface area contributed by atoms with Crippen molar-refractivity contribution in [2.75, 3.05) is 24.6 Å². The topological polar surface area (TPSA) is 105 Å². The van der Waals surface area contributed by atoms with Crippen molar-refractivity contribution in [3.8, 4) is 5.88 Å². The fraction of sp³-hybridized carbons (Fsp3) is 0.310. The Bertz CT molecular complexity index is 1690. The van der Waals surface area contributed by atoms with Gasteiger partial charge in [0.1, 0.15) is 30.4 Å². The first kappa shape index (κ1) is 28.4. The molecule has 0 amide bonds. The van der Waals surface area contributed by atoms with Crippen LogP contribution >= 0.6 is 0 Å². The summed E-state index contributed by atoms with van der Waals surface area (Å²) in [6, 6.07) is 12.2. The molecule has 2 aliphatic rings. The van der Waals surface area contributed by atoms with Gasteiger partial charge in [0.2, 0.25) is 5.88 Å². The monoisotopic (exact) mass is 598 g/mol.